The second-order valence-corrected chi connectivity index (χ2v) is 3.48. The van der Waals surface area contributed by atoms with Gasteiger partial charge in [0.05, 0.1) is 13.7 Å². The number of methoxy groups -OCH3 is 1. The molecule has 0 aromatic carbocycles. The molecular formula is C9H16N2O4. The Bertz CT molecular complexity index is 244. The van der Waals surface area contributed by atoms with Gasteiger partial charge in [0.2, 0.25) is 0 Å². The van der Waals surface area contributed by atoms with Crippen molar-refractivity contribution in [2.45, 2.75) is 6.42 Å². The van der Waals surface area contributed by atoms with Gasteiger partial charge in [-0.2, -0.15) is 0 Å². The number of nitrogens with zero attached hydrogens (tertiary/aromatic N) is 2. The maximum atomic E-state index is 11.2. The molecule has 6 nitrogen and oxygen atoms in total. The fourth-order valence-corrected chi connectivity index (χ4v) is 1.63. The Hall–Kier alpha value is -1.30. The highest BCUT2D eigenvalue weighted by atomic mass is 16.5. The van der Waals surface area contributed by atoms with Crippen molar-refractivity contribution in [1.29, 1.82) is 0 Å². The van der Waals surface area contributed by atoms with Gasteiger partial charge < -0.3 is 14.7 Å². The zero-order valence-corrected chi connectivity index (χ0v) is 8.81. The Morgan fingerprint density at radius 1 is 1.27 bits per heavy atom. The number of carbonyl (C=O) groups excluding carboxylic acids is 1. The summed E-state index contributed by atoms with van der Waals surface area (Å²) >= 11 is 0. The zero-order valence-electron chi connectivity index (χ0n) is 8.81. The molecule has 86 valence electrons. The van der Waals surface area contributed by atoms with E-state index in [2.05, 4.69) is 4.74 Å². The molecule has 0 aliphatic carbocycles. The first-order valence-electron chi connectivity index (χ1n) is 4.90. The van der Waals surface area contributed by atoms with Gasteiger partial charge in [-0.25, -0.2) is 4.79 Å². The van der Waals surface area contributed by atoms with Crippen LogP contribution in [0.2, 0.25) is 0 Å². The molecule has 0 saturated carbocycles. The lowest BCUT2D eigenvalue weighted by atomic mass is 10.4. The number of amides is 1. The first kappa shape index (κ1) is 11.8. The van der Waals surface area contributed by atoms with E-state index in [-0.39, 0.29) is 12.6 Å². The molecule has 0 unspecified atom stereocenters. The van der Waals surface area contributed by atoms with E-state index >= 15 is 0 Å². The molecule has 1 aliphatic rings. The van der Waals surface area contributed by atoms with Gasteiger partial charge in [-0.05, 0) is 6.42 Å². The van der Waals surface area contributed by atoms with Crippen LogP contribution in [0, 0.1) is 0 Å². The van der Waals surface area contributed by atoms with Gasteiger partial charge in [-0.15, -0.1) is 0 Å². The Morgan fingerprint density at radius 2 is 2.00 bits per heavy atom. The smallest absolute Gasteiger partial charge is 0.409 e. The van der Waals surface area contributed by atoms with Crippen LogP contribution < -0.4 is 0 Å². The van der Waals surface area contributed by atoms with Gasteiger partial charge in [0.15, 0.2) is 0 Å². The van der Waals surface area contributed by atoms with Crippen LogP contribution >= 0.6 is 0 Å². The van der Waals surface area contributed by atoms with Crippen molar-refractivity contribution >= 4 is 12.1 Å². The molecule has 0 spiro atoms. The van der Waals surface area contributed by atoms with Crippen LogP contribution in [0.5, 0.6) is 0 Å². The third-order valence-electron chi connectivity index (χ3n) is 2.38. The Balaban J connectivity index is 2.41. The van der Waals surface area contributed by atoms with Gasteiger partial charge in [0.1, 0.15) is 0 Å². The van der Waals surface area contributed by atoms with E-state index in [1.54, 1.807) is 4.90 Å². The number of rotatable bonds is 2. The molecule has 1 heterocycles. The van der Waals surface area contributed by atoms with E-state index in [0.717, 1.165) is 6.42 Å². The second kappa shape index (κ2) is 5.55. The van der Waals surface area contributed by atoms with E-state index in [4.69, 9.17) is 5.11 Å². The van der Waals surface area contributed by atoms with Crippen LogP contribution in [0.25, 0.3) is 0 Å². The Kier molecular flexibility index (Phi) is 4.36. The van der Waals surface area contributed by atoms with Crippen LogP contribution in [0.1, 0.15) is 6.42 Å². The summed E-state index contributed by atoms with van der Waals surface area (Å²) < 4.78 is 4.61. The summed E-state index contributed by atoms with van der Waals surface area (Å²) in [7, 11) is 1.35. The summed E-state index contributed by atoms with van der Waals surface area (Å²) in [6.07, 6.45) is 0.440. The van der Waals surface area contributed by atoms with Crippen molar-refractivity contribution in [2.75, 3.05) is 39.8 Å². The van der Waals surface area contributed by atoms with Crippen molar-refractivity contribution in [3.63, 3.8) is 0 Å². The van der Waals surface area contributed by atoms with E-state index in [0.29, 0.717) is 26.2 Å². The molecular weight excluding hydrogens is 200 g/mol. The second-order valence-electron chi connectivity index (χ2n) is 3.48. The van der Waals surface area contributed by atoms with Gasteiger partial charge in [0, 0.05) is 26.2 Å². The van der Waals surface area contributed by atoms with Crippen LogP contribution in [0.4, 0.5) is 4.79 Å². The molecule has 0 bridgehead atoms. The van der Waals surface area contributed by atoms with Crippen LogP contribution in [-0.4, -0.2) is 66.8 Å². The third kappa shape index (κ3) is 3.75. The summed E-state index contributed by atoms with van der Waals surface area (Å²) in [6.45, 7) is 2.49. The number of carbonyl (C=O) groups is 2. The van der Waals surface area contributed by atoms with E-state index in [1.807, 2.05) is 4.90 Å². The molecule has 1 aliphatic heterocycles. The summed E-state index contributed by atoms with van der Waals surface area (Å²) in [5.74, 6) is -0.832. The van der Waals surface area contributed by atoms with Crippen molar-refractivity contribution in [2.24, 2.45) is 0 Å². The number of aliphatic carboxylic acids is 1. The summed E-state index contributed by atoms with van der Waals surface area (Å²) in [6, 6.07) is 0. The minimum absolute atomic E-state index is 0.0367. The van der Waals surface area contributed by atoms with Crippen molar-refractivity contribution in [1.82, 2.24) is 9.80 Å². The lowest BCUT2D eigenvalue weighted by molar-refractivity contribution is -0.138. The maximum absolute atomic E-state index is 11.2. The number of carboxylic acids is 1. The van der Waals surface area contributed by atoms with E-state index in [9.17, 15) is 9.59 Å². The monoisotopic (exact) mass is 216 g/mol. The third-order valence-corrected chi connectivity index (χ3v) is 2.38. The average molecular weight is 216 g/mol. The standard InChI is InChI=1S/C9H16N2O4/c1-15-9(14)11-4-2-3-10(5-6-11)7-8(12)13/h2-7H2,1H3,(H,12,13). The zero-order chi connectivity index (χ0) is 11.3. The van der Waals surface area contributed by atoms with Crippen molar-refractivity contribution < 1.29 is 19.4 Å². The van der Waals surface area contributed by atoms with E-state index in [1.165, 1.54) is 7.11 Å². The number of ether oxygens (including phenoxy) is 1. The Morgan fingerprint density at radius 3 is 2.60 bits per heavy atom. The van der Waals surface area contributed by atoms with E-state index < -0.39 is 5.97 Å². The Labute approximate surface area is 88.4 Å². The molecule has 1 fully saturated rings. The quantitative estimate of drug-likeness (QED) is 0.694. The molecule has 1 rings (SSSR count). The number of carboxylic acid groups (broad SMARTS) is 1. The number of hydrogen-bond donors (Lipinski definition) is 1. The van der Waals surface area contributed by atoms with Gasteiger partial charge in [-0.3, -0.25) is 9.69 Å². The molecule has 1 N–H and O–H groups in total. The summed E-state index contributed by atoms with van der Waals surface area (Å²) in [4.78, 5) is 25.1. The molecule has 6 heteroatoms. The molecule has 1 saturated heterocycles. The van der Waals surface area contributed by atoms with Crippen LogP contribution in [-0.2, 0) is 9.53 Å². The highest BCUT2D eigenvalue weighted by molar-refractivity contribution is 5.69. The molecule has 0 atom stereocenters. The number of hydrogen-bond acceptors (Lipinski definition) is 4. The fraction of sp³-hybridized carbons (Fsp3) is 0.778. The topological polar surface area (TPSA) is 70.1 Å². The van der Waals surface area contributed by atoms with Crippen LogP contribution in [0.15, 0.2) is 0 Å². The average Bonchev–Trinajstić information content (AvgIpc) is 2.41. The minimum Gasteiger partial charge on any atom is -0.480 e. The van der Waals surface area contributed by atoms with Crippen molar-refractivity contribution in [3.8, 4) is 0 Å². The summed E-state index contributed by atoms with van der Waals surface area (Å²) in [5.41, 5.74) is 0. The predicted molar refractivity (Wildman–Crippen MR) is 52.7 cm³/mol. The fourth-order valence-electron chi connectivity index (χ4n) is 1.63. The lowest BCUT2D eigenvalue weighted by Gasteiger charge is -2.19. The lowest BCUT2D eigenvalue weighted by Crippen LogP contribution is -2.36. The molecule has 1 amide bonds. The largest absolute Gasteiger partial charge is 0.480 e. The van der Waals surface area contributed by atoms with Crippen molar-refractivity contribution in [3.05, 3.63) is 0 Å². The normalized spacial score (nSPS) is 18.3. The van der Waals surface area contributed by atoms with Crippen LogP contribution in [0.3, 0.4) is 0 Å². The summed E-state index contributed by atoms with van der Waals surface area (Å²) in [5, 5.41) is 8.63. The minimum atomic E-state index is -0.832. The molecule has 0 radical (unpaired) electrons. The molecule has 0 aromatic heterocycles. The predicted octanol–water partition coefficient (Wildman–Crippen LogP) is -0.155. The SMILES string of the molecule is COC(=O)N1CCCN(CC(=O)O)CC1. The first-order valence-corrected chi connectivity index (χ1v) is 4.90. The first-order chi connectivity index (χ1) is 7.13. The molecule has 15 heavy (non-hydrogen) atoms. The van der Waals surface area contributed by atoms with Gasteiger partial charge in [0.25, 0.3) is 0 Å². The molecule has 0 aromatic rings. The highest BCUT2D eigenvalue weighted by Gasteiger charge is 2.20. The van der Waals surface area contributed by atoms with Gasteiger partial charge in [-0.1, -0.05) is 0 Å². The maximum Gasteiger partial charge on any atom is 0.409 e. The highest BCUT2D eigenvalue weighted by Crippen LogP contribution is 2.04. The van der Waals surface area contributed by atoms with Gasteiger partial charge >= 0.3 is 12.1 Å².